The average Bonchev–Trinajstić information content (AvgIpc) is 2.78. The zero-order chi connectivity index (χ0) is 19.1. The number of nitrogens with zero attached hydrogens (tertiary/aromatic N) is 1. The number of hydrogen-bond acceptors (Lipinski definition) is 3. The van der Waals surface area contributed by atoms with Gasteiger partial charge in [-0.1, -0.05) is 24.3 Å². The number of hydrogen-bond donors (Lipinski definition) is 2. The standard InChI is InChI=1S/C20H22F2N2O2/c1-20(2)14-8-5-9-15(22)18(14)24(19(20)26)17(16(25)11-23-3)12-6-4-7-13(21)10-12/h4-10,16-17,23,25H,11H2,1-3H3. The van der Waals surface area contributed by atoms with Crippen molar-refractivity contribution in [2.24, 2.45) is 0 Å². The number of amides is 1. The third kappa shape index (κ3) is 2.89. The van der Waals surface area contributed by atoms with Crippen molar-refractivity contribution >= 4 is 11.6 Å². The van der Waals surface area contributed by atoms with E-state index in [1.54, 1.807) is 39.1 Å². The molecular formula is C20H22F2N2O2. The molecule has 1 amide bonds. The molecule has 0 fully saturated rings. The van der Waals surface area contributed by atoms with E-state index < -0.39 is 29.2 Å². The molecule has 0 spiro atoms. The predicted molar refractivity (Wildman–Crippen MR) is 96.0 cm³/mol. The lowest BCUT2D eigenvalue weighted by atomic mass is 9.86. The molecule has 3 rings (SSSR count). The van der Waals surface area contributed by atoms with Gasteiger partial charge in [0.1, 0.15) is 11.6 Å². The Morgan fingerprint density at radius 2 is 1.88 bits per heavy atom. The quantitative estimate of drug-likeness (QED) is 0.862. The maximum absolute atomic E-state index is 14.7. The maximum Gasteiger partial charge on any atom is 0.237 e. The topological polar surface area (TPSA) is 52.6 Å². The number of rotatable bonds is 5. The van der Waals surface area contributed by atoms with Crippen molar-refractivity contribution in [2.45, 2.75) is 31.4 Å². The van der Waals surface area contributed by atoms with Gasteiger partial charge in [-0.3, -0.25) is 9.69 Å². The van der Waals surface area contributed by atoms with Crippen LogP contribution in [0.15, 0.2) is 42.5 Å². The van der Waals surface area contributed by atoms with Gasteiger partial charge in [0.05, 0.1) is 23.2 Å². The van der Waals surface area contributed by atoms with Crippen molar-refractivity contribution in [3.05, 3.63) is 65.2 Å². The highest BCUT2D eigenvalue weighted by Gasteiger charge is 2.49. The summed E-state index contributed by atoms with van der Waals surface area (Å²) >= 11 is 0. The lowest BCUT2D eigenvalue weighted by molar-refractivity contribution is -0.123. The van der Waals surface area contributed by atoms with Gasteiger partial charge in [0, 0.05) is 6.54 Å². The number of carbonyl (C=O) groups excluding carboxylic acids is 1. The summed E-state index contributed by atoms with van der Waals surface area (Å²) in [5.41, 5.74) is 0.169. The molecule has 0 radical (unpaired) electrons. The first-order valence-electron chi connectivity index (χ1n) is 8.49. The van der Waals surface area contributed by atoms with Gasteiger partial charge in [-0.05, 0) is 50.2 Å². The van der Waals surface area contributed by atoms with E-state index in [0.29, 0.717) is 11.1 Å². The molecule has 4 nitrogen and oxygen atoms in total. The first kappa shape index (κ1) is 18.5. The van der Waals surface area contributed by atoms with Gasteiger partial charge in [-0.2, -0.15) is 0 Å². The molecule has 2 unspecified atom stereocenters. The molecular weight excluding hydrogens is 338 g/mol. The van der Waals surface area contributed by atoms with Gasteiger partial charge >= 0.3 is 0 Å². The Balaban J connectivity index is 2.20. The molecule has 2 N–H and O–H groups in total. The minimum absolute atomic E-state index is 0.145. The molecule has 0 saturated carbocycles. The van der Waals surface area contributed by atoms with Crippen molar-refractivity contribution in [3.63, 3.8) is 0 Å². The molecule has 2 atom stereocenters. The van der Waals surface area contributed by atoms with E-state index in [9.17, 15) is 18.7 Å². The van der Waals surface area contributed by atoms with Crippen LogP contribution in [0.2, 0.25) is 0 Å². The van der Waals surface area contributed by atoms with E-state index in [2.05, 4.69) is 5.32 Å². The van der Waals surface area contributed by atoms with Crippen LogP contribution in [0.3, 0.4) is 0 Å². The highest BCUT2D eigenvalue weighted by atomic mass is 19.1. The Labute approximate surface area is 151 Å². The maximum atomic E-state index is 14.7. The minimum atomic E-state index is -1.05. The second kappa shape index (κ2) is 6.78. The molecule has 2 aromatic rings. The van der Waals surface area contributed by atoms with Gasteiger partial charge in [-0.15, -0.1) is 0 Å². The number of aliphatic hydroxyl groups excluding tert-OH is 1. The van der Waals surface area contributed by atoms with Crippen LogP contribution in [0.25, 0.3) is 0 Å². The summed E-state index contributed by atoms with van der Waals surface area (Å²) in [6.45, 7) is 3.61. The lowest BCUT2D eigenvalue weighted by Gasteiger charge is -2.34. The van der Waals surface area contributed by atoms with E-state index in [1.165, 1.54) is 29.2 Å². The van der Waals surface area contributed by atoms with Crippen molar-refractivity contribution in [1.82, 2.24) is 5.32 Å². The molecule has 0 aromatic heterocycles. The fraction of sp³-hybridized carbons (Fsp3) is 0.350. The number of nitrogens with one attached hydrogen (secondary N) is 1. The van der Waals surface area contributed by atoms with E-state index >= 15 is 0 Å². The van der Waals surface area contributed by atoms with Gasteiger partial charge < -0.3 is 10.4 Å². The molecule has 138 valence electrons. The Hall–Kier alpha value is -2.31. The summed E-state index contributed by atoms with van der Waals surface area (Å²) in [5, 5.41) is 13.6. The molecule has 0 saturated heterocycles. The third-order valence-electron chi connectivity index (χ3n) is 4.90. The number of fused-ring (bicyclic) bond motifs is 1. The Morgan fingerprint density at radius 1 is 1.19 bits per heavy atom. The first-order valence-corrected chi connectivity index (χ1v) is 8.49. The van der Waals surface area contributed by atoms with Gasteiger partial charge in [0.25, 0.3) is 0 Å². The number of halogens is 2. The van der Waals surface area contributed by atoms with Crippen molar-refractivity contribution in [3.8, 4) is 0 Å². The van der Waals surface area contributed by atoms with Crippen LogP contribution in [-0.2, 0) is 10.2 Å². The molecule has 26 heavy (non-hydrogen) atoms. The number of likely N-dealkylation sites (N-methyl/N-ethyl adjacent to an activating group) is 1. The van der Waals surface area contributed by atoms with E-state index in [0.717, 1.165) is 0 Å². The number of para-hydroxylation sites is 1. The minimum Gasteiger partial charge on any atom is -0.389 e. The highest BCUT2D eigenvalue weighted by molar-refractivity contribution is 6.08. The zero-order valence-corrected chi connectivity index (χ0v) is 15.0. The fourth-order valence-electron chi connectivity index (χ4n) is 3.60. The first-order chi connectivity index (χ1) is 12.3. The van der Waals surface area contributed by atoms with Gasteiger partial charge in [0.15, 0.2) is 0 Å². The predicted octanol–water partition coefficient (Wildman–Crippen LogP) is 2.91. The van der Waals surface area contributed by atoms with Crippen molar-refractivity contribution in [1.29, 1.82) is 0 Å². The number of benzene rings is 2. The molecule has 1 heterocycles. The van der Waals surface area contributed by atoms with Crippen LogP contribution in [0.4, 0.5) is 14.5 Å². The Morgan fingerprint density at radius 3 is 2.54 bits per heavy atom. The largest absolute Gasteiger partial charge is 0.389 e. The summed E-state index contributed by atoms with van der Waals surface area (Å²) in [6.07, 6.45) is -1.05. The van der Waals surface area contributed by atoms with E-state index in [-0.39, 0.29) is 18.1 Å². The van der Waals surface area contributed by atoms with Crippen molar-refractivity contribution < 1.29 is 18.7 Å². The number of anilines is 1. The zero-order valence-electron chi connectivity index (χ0n) is 15.0. The smallest absolute Gasteiger partial charge is 0.237 e. The summed E-state index contributed by atoms with van der Waals surface area (Å²) in [4.78, 5) is 14.5. The third-order valence-corrected chi connectivity index (χ3v) is 4.90. The molecule has 6 heteroatoms. The van der Waals surface area contributed by atoms with Gasteiger partial charge in [-0.25, -0.2) is 8.78 Å². The SMILES string of the molecule is CNCC(O)C(c1cccc(F)c1)N1C(=O)C(C)(C)c2cccc(F)c21. The van der Waals surface area contributed by atoms with Crippen molar-refractivity contribution in [2.75, 3.05) is 18.5 Å². The van der Waals surface area contributed by atoms with Crippen LogP contribution >= 0.6 is 0 Å². The molecule has 0 bridgehead atoms. The average molecular weight is 360 g/mol. The van der Waals surface area contributed by atoms with Crippen LogP contribution in [0.1, 0.15) is 31.0 Å². The molecule has 0 aliphatic carbocycles. The van der Waals surface area contributed by atoms with Crippen LogP contribution < -0.4 is 10.2 Å². The number of carbonyl (C=O) groups is 1. The monoisotopic (exact) mass is 360 g/mol. The van der Waals surface area contributed by atoms with Crippen LogP contribution in [0, 0.1) is 11.6 Å². The lowest BCUT2D eigenvalue weighted by Crippen LogP contribution is -2.45. The summed E-state index contributed by atoms with van der Waals surface area (Å²) in [7, 11) is 1.66. The summed E-state index contributed by atoms with van der Waals surface area (Å²) in [6, 6.07) is 9.34. The molecule has 2 aromatic carbocycles. The molecule has 1 aliphatic heterocycles. The highest BCUT2D eigenvalue weighted by Crippen LogP contribution is 2.47. The van der Waals surface area contributed by atoms with Crippen LogP contribution in [-0.4, -0.2) is 30.7 Å². The van der Waals surface area contributed by atoms with Gasteiger partial charge in [0.2, 0.25) is 5.91 Å². The molecule has 1 aliphatic rings. The Bertz CT molecular complexity index is 838. The second-order valence-electron chi connectivity index (χ2n) is 7.06. The normalized spacial score (nSPS) is 17.9. The summed E-state index contributed by atoms with van der Waals surface area (Å²) < 4.78 is 28.5. The summed E-state index contributed by atoms with van der Waals surface area (Å²) in [5.74, 6) is -1.36. The Kier molecular flexibility index (Phi) is 4.82. The van der Waals surface area contributed by atoms with E-state index in [4.69, 9.17) is 0 Å². The number of aliphatic hydroxyl groups is 1. The van der Waals surface area contributed by atoms with E-state index in [1.807, 2.05) is 0 Å². The fourth-order valence-corrected chi connectivity index (χ4v) is 3.60. The van der Waals surface area contributed by atoms with Crippen LogP contribution in [0.5, 0.6) is 0 Å². The second-order valence-corrected chi connectivity index (χ2v) is 7.06.